The summed E-state index contributed by atoms with van der Waals surface area (Å²) in [5, 5.41) is 11.6. The molecule has 22 heavy (non-hydrogen) atoms. The number of thiophene rings is 1. The van der Waals surface area contributed by atoms with E-state index in [-0.39, 0.29) is 11.9 Å². The highest BCUT2D eigenvalue weighted by Gasteiger charge is 2.16. The Kier molecular flexibility index (Phi) is 4.32. The molecule has 0 aliphatic heterocycles. The molecule has 112 valence electrons. The monoisotopic (exact) mass is 312 g/mol. The van der Waals surface area contributed by atoms with Gasteiger partial charge in [0.15, 0.2) is 0 Å². The van der Waals surface area contributed by atoms with Crippen LogP contribution in [-0.4, -0.2) is 22.6 Å². The van der Waals surface area contributed by atoms with Crippen LogP contribution >= 0.6 is 11.3 Å². The predicted octanol–water partition coefficient (Wildman–Crippen LogP) is 2.57. The molecular weight excluding hydrogens is 296 g/mol. The third-order valence-electron chi connectivity index (χ3n) is 3.37. The van der Waals surface area contributed by atoms with E-state index in [1.807, 2.05) is 47.8 Å². The Morgan fingerprint density at radius 3 is 2.82 bits per heavy atom. The van der Waals surface area contributed by atoms with Crippen LogP contribution in [-0.2, 0) is 0 Å². The Bertz CT molecular complexity index is 737. The Morgan fingerprint density at radius 2 is 2.14 bits per heavy atom. The highest BCUT2D eigenvalue weighted by atomic mass is 32.1. The van der Waals surface area contributed by atoms with Crippen LogP contribution in [0.5, 0.6) is 0 Å². The summed E-state index contributed by atoms with van der Waals surface area (Å²) in [5.41, 5.74) is 8.32. The summed E-state index contributed by atoms with van der Waals surface area (Å²) >= 11 is 1.50. The average molecular weight is 312 g/mol. The second-order valence-electron chi connectivity index (χ2n) is 4.84. The van der Waals surface area contributed by atoms with Crippen LogP contribution in [0.4, 0.5) is 0 Å². The number of carbonyl (C=O) groups is 1. The fraction of sp³-hybridized carbons (Fsp3) is 0.125. The normalized spacial score (nSPS) is 12.0. The number of aromatic amines is 1. The van der Waals surface area contributed by atoms with Crippen molar-refractivity contribution in [2.24, 2.45) is 5.73 Å². The molecule has 3 aromatic rings. The second kappa shape index (κ2) is 6.55. The van der Waals surface area contributed by atoms with Crippen LogP contribution in [0.1, 0.15) is 22.0 Å². The first-order chi connectivity index (χ1) is 10.8. The van der Waals surface area contributed by atoms with Crippen molar-refractivity contribution >= 4 is 17.2 Å². The van der Waals surface area contributed by atoms with E-state index >= 15 is 0 Å². The second-order valence-corrected chi connectivity index (χ2v) is 5.75. The van der Waals surface area contributed by atoms with Gasteiger partial charge in [-0.2, -0.15) is 5.10 Å². The van der Waals surface area contributed by atoms with Gasteiger partial charge in [-0.3, -0.25) is 9.89 Å². The van der Waals surface area contributed by atoms with Crippen LogP contribution in [0.25, 0.3) is 10.6 Å². The van der Waals surface area contributed by atoms with Crippen molar-refractivity contribution in [3.05, 3.63) is 65.2 Å². The van der Waals surface area contributed by atoms with Crippen LogP contribution in [0.3, 0.4) is 0 Å². The molecule has 0 aliphatic rings. The Hall–Kier alpha value is -2.44. The topological polar surface area (TPSA) is 83.8 Å². The summed E-state index contributed by atoms with van der Waals surface area (Å²) < 4.78 is 0. The van der Waals surface area contributed by atoms with E-state index in [0.29, 0.717) is 12.1 Å². The van der Waals surface area contributed by atoms with Crippen LogP contribution in [0, 0.1) is 0 Å². The third-order valence-corrected chi connectivity index (χ3v) is 4.33. The van der Waals surface area contributed by atoms with Gasteiger partial charge in [-0.1, -0.05) is 30.3 Å². The zero-order valence-corrected chi connectivity index (χ0v) is 12.6. The Balaban J connectivity index is 1.74. The fourth-order valence-electron chi connectivity index (χ4n) is 2.19. The molecule has 0 fully saturated rings. The quantitative estimate of drug-likeness (QED) is 0.677. The smallest absolute Gasteiger partial charge is 0.252 e. The number of rotatable bonds is 5. The maximum atomic E-state index is 12.4. The number of nitrogens with one attached hydrogen (secondary N) is 2. The van der Waals surface area contributed by atoms with Crippen molar-refractivity contribution in [3.8, 4) is 10.6 Å². The molecule has 0 bridgehead atoms. The molecule has 2 heterocycles. The molecule has 0 saturated carbocycles. The molecule has 0 saturated heterocycles. The number of aromatic nitrogens is 2. The van der Waals surface area contributed by atoms with E-state index in [0.717, 1.165) is 16.1 Å². The minimum Gasteiger partial charge on any atom is -0.344 e. The van der Waals surface area contributed by atoms with Gasteiger partial charge in [0.1, 0.15) is 0 Å². The molecule has 2 aromatic heterocycles. The lowest BCUT2D eigenvalue weighted by Gasteiger charge is -2.16. The van der Waals surface area contributed by atoms with Crippen molar-refractivity contribution in [1.82, 2.24) is 15.5 Å². The molecule has 1 amide bonds. The van der Waals surface area contributed by atoms with Crippen LogP contribution in [0.2, 0.25) is 0 Å². The molecule has 0 aliphatic carbocycles. The van der Waals surface area contributed by atoms with E-state index < -0.39 is 0 Å². The zero-order chi connectivity index (χ0) is 15.4. The number of nitrogens with two attached hydrogens (primary N) is 1. The van der Waals surface area contributed by atoms with Crippen molar-refractivity contribution in [1.29, 1.82) is 0 Å². The van der Waals surface area contributed by atoms with Crippen molar-refractivity contribution < 1.29 is 4.79 Å². The van der Waals surface area contributed by atoms with Gasteiger partial charge in [-0.15, -0.1) is 11.3 Å². The molecule has 1 atom stereocenters. The van der Waals surface area contributed by atoms with E-state index in [1.54, 1.807) is 6.20 Å². The molecule has 3 rings (SSSR count). The molecular formula is C16H16N4OS. The maximum absolute atomic E-state index is 12.4. The van der Waals surface area contributed by atoms with Gasteiger partial charge < -0.3 is 11.1 Å². The molecule has 5 nitrogen and oxygen atoms in total. The molecule has 1 unspecified atom stereocenters. The predicted molar refractivity (Wildman–Crippen MR) is 87.6 cm³/mol. The summed E-state index contributed by atoms with van der Waals surface area (Å²) in [7, 11) is 0. The van der Waals surface area contributed by atoms with E-state index in [9.17, 15) is 4.79 Å². The van der Waals surface area contributed by atoms with Gasteiger partial charge in [0.05, 0.1) is 22.2 Å². The lowest BCUT2D eigenvalue weighted by Crippen LogP contribution is -2.33. The molecule has 1 aromatic carbocycles. The van der Waals surface area contributed by atoms with Crippen molar-refractivity contribution in [2.45, 2.75) is 6.04 Å². The largest absolute Gasteiger partial charge is 0.344 e. The van der Waals surface area contributed by atoms with E-state index in [2.05, 4.69) is 15.5 Å². The highest BCUT2D eigenvalue weighted by Crippen LogP contribution is 2.25. The van der Waals surface area contributed by atoms with Crippen molar-refractivity contribution in [3.63, 3.8) is 0 Å². The number of hydrogen-bond donors (Lipinski definition) is 3. The van der Waals surface area contributed by atoms with Gasteiger partial charge in [0.25, 0.3) is 5.91 Å². The lowest BCUT2D eigenvalue weighted by molar-refractivity contribution is 0.0938. The Labute approximate surface area is 132 Å². The van der Waals surface area contributed by atoms with Gasteiger partial charge in [0.2, 0.25) is 0 Å². The molecule has 4 N–H and O–H groups in total. The first-order valence-electron chi connectivity index (χ1n) is 6.92. The van der Waals surface area contributed by atoms with Gasteiger partial charge in [-0.05, 0) is 17.7 Å². The summed E-state index contributed by atoms with van der Waals surface area (Å²) in [6.45, 7) is 0.354. The first kappa shape index (κ1) is 14.5. The summed E-state index contributed by atoms with van der Waals surface area (Å²) in [6, 6.07) is 13.3. The van der Waals surface area contributed by atoms with Crippen LogP contribution < -0.4 is 11.1 Å². The highest BCUT2D eigenvalue weighted by molar-refractivity contribution is 7.13. The fourth-order valence-corrected chi connectivity index (χ4v) is 3.06. The summed E-state index contributed by atoms with van der Waals surface area (Å²) in [6.07, 6.45) is 1.69. The summed E-state index contributed by atoms with van der Waals surface area (Å²) in [5.74, 6) is -0.124. The minimum atomic E-state index is -0.191. The number of nitrogens with zero attached hydrogens (tertiary/aromatic N) is 1. The van der Waals surface area contributed by atoms with Gasteiger partial charge in [0, 0.05) is 18.1 Å². The molecule has 0 spiro atoms. The minimum absolute atomic E-state index is 0.124. The standard InChI is InChI=1S/C16H16N4OS/c17-9-14(11-4-2-1-3-5-11)19-16(21)12-8-15(22-10-12)13-6-7-18-20-13/h1-8,10,14H,9,17H2,(H,18,20)(H,19,21). The van der Waals surface area contributed by atoms with Gasteiger partial charge >= 0.3 is 0 Å². The van der Waals surface area contributed by atoms with E-state index in [4.69, 9.17) is 5.73 Å². The average Bonchev–Trinajstić information content (AvgIpc) is 3.23. The number of hydrogen-bond acceptors (Lipinski definition) is 4. The molecule has 0 radical (unpaired) electrons. The SMILES string of the molecule is NCC(NC(=O)c1csc(-c2ccn[nH]2)c1)c1ccccc1. The molecule has 6 heteroatoms. The van der Waals surface area contributed by atoms with Crippen molar-refractivity contribution in [2.75, 3.05) is 6.54 Å². The number of benzene rings is 1. The first-order valence-corrected chi connectivity index (χ1v) is 7.80. The Morgan fingerprint density at radius 1 is 1.32 bits per heavy atom. The van der Waals surface area contributed by atoms with E-state index in [1.165, 1.54) is 11.3 Å². The number of carbonyl (C=O) groups excluding carboxylic acids is 1. The van der Waals surface area contributed by atoms with Crippen LogP contribution in [0.15, 0.2) is 54.0 Å². The van der Waals surface area contributed by atoms with Gasteiger partial charge in [-0.25, -0.2) is 0 Å². The maximum Gasteiger partial charge on any atom is 0.252 e. The number of H-pyrrole nitrogens is 1. The number of amides is 1. The zero-order valence-electron chi connectivity index (χ0n) is 11.8. The summed E-state index contributed by atoms with van der Waals surface area (Å²) in [4.78, 5) is 13.4. The third kappa shape index (κ3) is 3.08. The lowest BCUT2D eigenvalue weighted by atomic mass is 10.1.